The largest absolute Gasteiger partial charge is 0.508 e. The Labute approximate surface area is 108 Å². The highest BCUT2D eigenvalue weighted by Crippen LogP contribution is 2.18. The van der Waals surface area contributed by atoms with Crippen LogP contribution in [-0.4, -0.2) is 16.0 Å². The normalized spacial score (nSPS) is 10.3. The fraction of sp³-hybridized carbons (Fsp3) is 0.167. The minimum atomic E-state index is -0.323. The van der Waals surface area contributed by atoms with Crippen LogP contribution in [0.2, 0.25) is 0 Å². The number of aromatic nitrogens is 1. The first-order chi connectivity index (χ1) is 8.56. The van der Waals surface area contributed by atoms with Gasteiger partial charge in [0.15, 0.2) is 0 Å². The van der Waals surface area contributed by atoms with Gasteiger partial charge in [-0.15, -0.1) is 11.3 Å². The van der Waals surface area contributed by atoms with Crippen LogP contribution in [0.3, 0.4) is 0 Å². The van der Waals surface area contributed by atoms with Crippen molar-refractivity contribution in [2.45, 2.75) is 13.5 Å². The van der Waals surface area contributed by atoms with Crippen LogP contribution < -0.4 is 11.1 Å². The fourth-order valence-corrected chi connectivity index (χ4v) is 2.20. The van der Waals surface area contributed by atoms with Crippen LogP contribution in [0.4, 0.5) is 5.69 Å². The van der Waals surface area contributed by atoms with Gasteiger partial charge in [-0.05, 0) is 25.1 Å². The van der Waals surface area contributed by atoms with Crippen LogP contribution in [-0.2, 0) is 6.54 Å². The van der Waals surface area contributed by atoms with E-state index in [2.05, 4.69) is 10.3 Å². The van der Waals surface area contributed by atoms with E-state index in [4.69, 9.17) is 5.73 Å². The fourth-order valence-electron chi connectivity index (χ4n) is 1.48. The number of nitrogen functional groups attached to an aromatic ring is 1. The van der Waals surface area contributed by atoms with Crippen molar-refractivity contribution in [2.24, 2.45) is 0 Å². The number of rotatable bonds is 3. The van der Waals surface area contributed by atoms with Crippen molar-refractivity contribution >= 4 is 22.9 Å². The molecular weight excluding hydrogens is 250 g/mol. The number of hydrogen-bond acceptors (Lipinski definition) is 5. The van der Waals surface area contributed by atoms with Crippen molar-refractivity contribution in [3.63, 3.8) is 0 Å². The molecular formula is C12H13N3O2S. The van der Waals surface area contributed by atoms with E-state index in [0.29, 0.717) is 12.2 Å². The molecule has 0 atom stereocenters. The Balaban J connectivity index is 2.05. The molecule has 1 amide bonds. The highest BCUT2D eigenvalue weighted by Gasteiger charge is 2.11. The Hall–Kier alpha value is -2.08. The molecule has 0 fully saturated rings. The lowest BCUT2D eigenvalue weighted by molar-refractivity contribution is 0.0951. The number of anilines is 1. The Bertz CT molecular complexity index is 580. The summed E-state index contributed by atoms with van der Waals surface area (Å²) in [6.07, 6.45) is 1.76. The molecule has 0 bridgehead atoms. The molecule has 5 nitrogen and oxygen atoms in total. The van der Waals surface area contributed by atoms with Gasteiger partial charge in [0, 0.05) is 16.8 Å². The predicted octanol–water partition coefficient (Wildman–Crippen LogP) is 1.67. The molecule has 0 aliphatic heterocycles. The summed E-state index contributed by atoms with van der Waals surface area (Å²) in [4.78, 5) is 17.1. The number of nitrogens with two attached hydrogens (primary N) is 1. The van der Waals surface area contributed by atoms with Crippen molar-refractivity contribution in [1.29, 1.82) is 0 Å². The van der Waals surface area contributed by atoms with Crippen LogP contribution in [0.5, 0.6) is 5.75 Å². The zero-order valence-corrected chi connectivity index (χ0v) is 10.6. The number of aromatic hydroxyl groups is 1. The van der Waals surface area contributed by atoms with Crippen LogP contribution in [0.15, 0.2) is 24.4 Å². The van der Waals surface area contributed by atoms with Crippen molar-refractivity contribution < 1.29 is 9.90 Å². The highest BCUT2D eigenvalue weighted by atomic mass is 32.1. The molecule has 0 aliphatic carbocycles. The average Bonchev–Trinajstić information content (AvgIpc) is 2.75. The Morgan fingerprint density at radius 2 is 2.33 bits per heavy atom. The smallest absolute Gasteiger partial charge is 0.253 e. The third-order valence-corrected chi connectivity index (χ3v) is 3.26. The third-order valence-electron chi connectivity index (χ3n) is 2.35. The number of phenolic OH excluding ortho intramolecular Hbond substituents is 1. The molecule has 4 N–H and O–H groups in total. The van der Waals surface area contributed by atoms with Crippen LogP contribution >= 0.6 is 11.3 Å². The van der Waals surface area contributed by atoms with E-state index < -0.39 is 0 Å². The molecule has 0 saturated carbocycles. The number of carbonyl (C=O) groups is 1. The number of nitrogens with one attached hydrogen (secondary N) is 1. The number of nitrogens with zero attached hydrogens (tertiary/aromatic N) is 1. The minimum Gasteiger partial charge on any atom is -0.508 e. The van der Waals surface area contributed by atoms with E-state index in [1.807, 2.05) is 6.92 Å². The Morgan fingerprint density at radius 3 is 3.00 bits per heavy atom. The number of hydrogen-bond donors (Lipinski definition) is 3. The molecule has 94 valence electrons. The van der Waals surface area contributed by atoms with Gasteiger partial charge in [0.2, 0.25) is 0 Å². The van der Waals surface area contributed by atoms with Crippen molar-refractivity contribution in [3.8, 4) is 5.75 Å². The van der Waals surface area contributed by atoms with Crippen molar-refractivity contribution in [1.82, 2.24) is 10.3 Å². The number of aryl methyl sites for hydroxylation is 1. The monoisotopic (exact) mass is 263 g/mol. The van der Waals surface area contributed by atoms with Gasteiger partial charge >= 0.3 is 0 Å². The average molecular weight is 263 g/mol. The Morgan fingerprint density at radius 1 is 1.56 bits per heavy atom. The van der Waals surface area contributed by atoms with E-state index >= 15 is 0 Å². The number of thiazole rings is 1. The van der Waals surface area contributed by atoms with Gasteiger partial charge in [-0.3, -0.25) is 4.79 Å². The first-order valence-electron chi connectivity index (χ1n) is 5.34. The molecule has 2 rings (SSSR count). The second kappa shape index (κ2) is 5.05. The third kappa shape index (κ3) is 2.78. The molecule has 1 aromatic heterocycles. The zero-order valence-electron chi connectivity index (χ0n) is 9.80. The lowest BCUT2D eigenvalue weighted by Crippen LogP contribution is -2.23. The molecule has 18 heavy (non-hydrogen) atoms. The molecule has 0 saturated heterocycles. The van der Waals surface area contributed by atoms with Crippen molar-refractivity contribution in [2.75, 3.05) is 5.73 Å². The predicted molar refractivity (Wildman–Crippen MR) is 70.5 cm³/mol. The maximum Gasteiger partial charge on any atom is 0.253 e. The summed E-state index contributed by atoms with van der Waals surface area (Å²) in [5, 5.41) is 12.9. The molecule has 6 heteroatoms. The van der Waals surface area contributed by atoms with Gasteiger partial charge in [-0.25, -0.2) is 4.98 Å². The SMILES string of the molecule is Cc1cnc(CNC(=O)c2cc(O)ccc2N)s1. The van der Waals surface area contributed by atoms with Gasteiger partial charge in [0.1, 0.15) is 10.8 Å². The minimum absolute atomic E-state index is 0.0134. The lowest BCUT2D eigenvalue weighted by Gasteiger charge is -2.06. The van der Waals surface area contributed by atoms with E-state index in [1.165, 1.54) is 29.5 Å². The molecule has 1 heterocycles. The number of carbonyl (C=O) groups excluding carboxylic acids is 1. The lowest BCUT2D eigenvalue weighted by atomic mass is 10.1. The number of amides is 1. The molecule has 2 aromatic rings. The summed E-state index contributed by atoms with van der Waals surface area (Å²) in [6.45, 7) is 2.31. The van der Waals surface area contributed by atoms with Crippen LogP contribution in [0, 0.1) is 6.92 Å². The number of benzene rings is 1. The summed E-state index contributed by atoms with van der Waals surface area (Å²) in [6, 6.07) is 4.28. The number of phenols is 1. The van der Waals surface area contributed by atoms with Gasteiger partial charge in [0.25, 0.3) is 5.91 Å². The molecule has 0 unspecified atom stereocenters. The molecule has 0 radical (unpaired) electrons. The van der Waals surface area contributed by atoms with E-state index in [-0.39, 0.29) is 17.2 Å². The van der Waals surface area contributed by atoms with Gasteiger partial charge in [-0.1, -0.05) is 0 Å². The van der Waals surface area contributed by atoms with E-state index in [1.54, 1.807) is 6.20 Å². The molecule has 1 aromatic carbocycles. The van der Waals surface area contributed by atoms with Crippen LogP contribution in [0.1, 0.15) is 20.2 Å². The quantitative estimate of drug-likeness (QED) is 0.580. The second-order valence-electron chi connectivity index (χ2n) is 3.82. The van der Waals surface area contributed by atoms with E-state index in [9.17, 15) is 9.90 Å². The summed E-state index contributed by atoms with van der Waals surface area (Å²) in [7, 11) is 0. The van der Waals surface area contributed by atoms with Gasteiger partial charge in [0.05, 0.1) is 12.1 Å². The zero-order chi connectivity index (χ0) is 13.1. The summed E-state index contributed by atoms with van der Waals surface area (Å²) < 4.78 is 0. The highest BCUT2D eigenvalue weighted by molar-refractivity contribution is 7.11. The summed E-state index contributed by atoms with van der Waals surface area (Å²) >= 11 is 1.53. The second-order valence-corrected chi connectivity index (χ2v) is 5.14. The van der Waals surface area contributed by atoms with Crippen molar-refractivity contribution in [3.05, 3.63) is 39.8 Å². The molecule has 0 aliphatic rings. The standard InChI is InChI=1S/C12H13N3O2S/c1-7-5-14-11(18-7)6-15-12(17)9-4-8(16)2-3-10(9)13/h2-5,16H,6,13H2,1H3,(H,15,17). The first-order valence-corrected chi connectivity index (χ1v) is 6.16. The van der Waals surface area contributed by atoms with Gasteiger partial charge in [-0.2, -0.15) is 0 Å². The summed E-state index contributed by atoms with van der Waals surface area (Å²) in [5.41, 5.74) is 6.28. The first kappa shape index (κ1) is 12.4. The van der Waals surface area contributed by atoms with Gasteiger partial charge < -0.3 is 16.2 Å². The Kier molecular flexibility index (Phi) is 3.47. The van der Waals surface area contributed by atoms with E-state index in [0.717, 1.165) is 9.88 Å². The topological polar surface area (TPSA) is 88.2 Å². The summed E-state index contributed by atoms with van der Waals surface area (Å²) in [5.74, 6) is -0.310. The molecule has 0 spiro atoms. The van der Waals surface area contributed by atoms with Crippen LogP contribution in [0.25, 0.3) is 0 Å². The maximum absolute atomic E-state index is 11.9. The maximum atomic E-state index is 11.9.